The van der Waals surface area contributed by atoms with Crippen molar-refractivity contribution in [2.24, 2.45) is 0 Å². The largest absolute Gasteiger partial charge is 0.415 e. The summed E-state index contributed by atoms with van der Waals surface area (Å²) in [6, 6.07) is 15.0. The number of carbonyl (C=O) groups is 1. The molecular weight excluding hydrogens is 347 g/mol. The lowest BCUT2D eigenvalue weighted by Gasteiger charge is -2.28. The number of rotatable bonds is 3. The predicted octanol–water partition coefficient (Wildman–Crippen LogP) is 3.92. The second-order valence-electron chi connectivity index (χ2n) is 6.13. The third-order valence-corrected chi connectivity index (χ3v) is 4.32. The molecule has 0 atom stereocenters. The Bertz CT molecular complexity index is 948. The number of anilines is 2. The molecule has 1 N–H and O–H groups in total. The summed E-state index contributed by atoms with van der Waals surface area (Å²) in [4.78, 5) is 22.7. The fraction of sp³-hybridized carbons (Fsp3) is 0.150. The van der Waals surface area contributed by atoms with E-state index in [0.29, 0.717) is 36.8 Å². The molecule has 0 fully saturated rings. The van der Waals surface area contributed by atoms with Gasteiger partial charge in [0.2, 0.25) is 0 Å². The molecule has 1 aliphatic rings. The maximum Gasteiger partial charge on any atom is 0.415 e. The molecule has 2 heterocycles. The number of hydrogen-bond acceptors (Lipinski definition) is 5. The minimum atomic E-state index is -0.413. The van der Waals surface area contributed by atoms with Crippen LogP contribution in [0.2, 0.25) is 0 Å². The van der Waals surface area contributed by atoms with E-state index >= 15 is 0 Å². The number of halogens is 1. The number of amides is 1. The van der Waals surface area contributed by atoms with E-state index in [1.165, 1.54) is 18.5 Å². The van der Waals surface area contributed by atoms with Gasteiger partial charge in [-0.15, -0.1) is 0 Å². The first-order chi connectivity index (χ1) is 13.2. The Balaban J connectivity index is 1.52. The second kappa shape index (κ2) is 7.41. The molecule has 0 bridgehead atoms. The van der Waals surface area contributed by atoms with Crippen molar-refractivity contribution in [3.05, 3.63) is 78.0 Å². The highest BCUT2D eigenvalue weighted by Gasteiger charge is 2.25. The van der Waals surface area contributed by atoms with E-state index in [1.807, 2.05) is 18.2 Å². The number of benzene rings is 2. The van der Waals surface area contributed by atoms with E-state index in [9.17, 15) is 9.18 Å². The zero-order chi connectivity index (χ0) is 18.6. The highest BCUT2D eigenvalue weighted by Crippen LogP contribution is 2.26. The summed E-state index contributed by atoms with van der Waals surface area (Å²) in [6.07, 6.45) is 1.69. The van der Waals surface area contributed by atoms with Crippen LogP contribution in [0.25, 0.3) is 0 Å². The zero-order valence-corrected chi connectivity index (χ0v) is 14.4. The molecule has 27 heavy (non-hydrogen) atoms. The summed E-state index contributed by atoms with van der Waals surface area (Å²) < 4.78 is 18.5. The molecule has 2 aromatic carbocycles. The van der Waals surface area contributed by atoms with Gasteiger partial charge in [0.15, 0.2) is 0 Å². The average Bonchev–Trinajstić information content (AvgIpc) is 2.70. The number of ether oxygens (including phenoxy) is 1. The minimum Gasteiger partial charge on any atom is -0.410 e. The molecule has 0 radical (unpaired) electrons. The van der Waals surface area contributed by atoms with Gasteiger partial charge in [0.05, 0.1) is 12.2 Å². The maximum atomic E-state index is 13.1. The van der Waals surface area contributed by atoms with Crippen molar-refractivity contribution in [2.75, 3.05) is 11.9 Å². The number of aromatic nitrogens is 2. The van der Waals surface area contributed by atoms with Gasteiger partial charge in [-0.1, -0.05) is 18.2 Å². The average molecular weight is 364 g/mol. The molecule has 6 nitrogen and oxygen atoms in total. The van der Waals surface area contributed by atoms with Crippen LogP contribution in [-0.2, 0) is 13.0 Å². The summed E-state index contributed by atoms with van der Waals surface area (Å²) in [5.41, 5.74) is 2.43. The SMILES string of the molecule is O=C(Oc1ccccc1)N1CCc2ncnc(Nc3ccc(F)cc3)c2C1. The fourth-order valence-electron chi connectivity index (χ4n) is 2.93. The van der Waals surface area contributed by atoms with Crippen LogP contribution in [0.15, 0.2) is 60.9 Å². The number of fused-ring (bicyclic) bond motifs is 1. The third-order valence-electron chi connectivity index (χ3n) is 4.32. The number of carbonyl (C=O) groups excluding carboxylic acids is 1. The van der Waals surface area contributed by atoms with Crippen molar-refractivity contribution in [3.8, 4) is 5.75 Å². The van der Waals surface area contributed by atoms with Gasteiger partial charge in [0, 0.05) is 24.2 Å². The first kappa shape index (κ1) is 17.0. The van der Waals surface area contributed by atoms with Gasteiger partial charge in [0.1, 0.15) is 23.7 Å². The molecular formula is C20H17FN4O2. The van der Waals surface area contributed by atoms with Crippen molar-refractivity contribution in [1.29, 1.82) is 0 Å². The lowest BCUT2D eigenvalue weighted by molar-refractivity contribution is 0.146. The van der Waals surface area contributed by atoms with E-state index in [4.69, 9.17) is 4.74 Å². The Morgan fingerprint density at radius 1 is 1.07 bits per heavy atom. The molecule has 0 aliphatic carbocycles. The standard InChI is InChI=1S/C20H17FN4O2/c21-14-6-8-15(9-7-14)24-19-17-12-25(11-10-18(17)22-13-23-19)20(26)27-16-4-2-1-3-5-16/h1-9,13H,10-12H2,(H,22,23,24). The Hall–Kier alpha value is -3.48. The highest BCUT2D eigenvalue weighted by molar-refractivity contribution is 5.72. The molecule has 1 aliphatic heterocycles. The molecule has 136 valence electrons. The lowest BCUT2D eigenvalue weighted by Crippen LogP contribution is -2.38. The van der Waals surface area contributed by atoms with Crippen molar-refractivity contribution in [2.45, 2.75) is 13.0 Å². The topological polar surface area (TPSA) is 67.3 Å². The molecule has 0 saturated carbocycles. The van der Waals surface area contributed by atoms with Gasteiger partial charge < -0.3 is 15.0 Å². The lowest BCUT2D eigenvalue weighted by atomic mass is 10.1. The summed E-state index contributed by atoms with van der Waals surface area (Å²) in [5, 5.41) is 3.17. The van der Waals surface area contributed by atoms with Crippen LogP contribution < -0.4 is 10.1 Å². The first-order valence-corrected chi connectivity index (χ1v) is 8.56. The maximum absolute atomic E-state index is 13.1. The van der Waals surface area contributed by atoms with E-state index in [-0.39, 0.29) is 5.82 Å². The first-order valence-electron chi connectivity index (χ1n) is 8.56. The van der Waals surface area contributed by atoms with Crippen LogP contribution in [0.5, 0.6) is 5.75 Å². The van der Waals surface area contributed by atoms with E-state index in [2.05, 4.69) is 15.3 Å². The third kappa shape index (κ3) is 3.87. The molecule has 4 rings (SSSR count). The molecule has 3 aromatic rings. The quantitative estimate of drug-likeness (QED) is 0.763. The van der Waals surface area contributed by atoms with Crippen LogP contribution in [0.3, 0.4) is 0 Å². The fourth-order valence-corrected chi connectivity index (χ4v) is 2.93. The molecule has 1 aromatic heterocycles. The summed E-state index contributed by atoms with van der Waals surface area (Å²) in [6.45, 7) is 0.858. The van der Waals surface area contributed by atoms with Crippen molar-refractivity contribution in [1.82, 2.24) is 14.9 Å². The smallest absolute Gasteiger partial charge is 0.410 e. The zero-order valence-electron chi connectivity index (χ0n) is 14.4. The summed E-state index contributed by atoms with van der Waals surface area (Å²) in [7, 11) is 0. The van der Waals surface area contributed by atoms with Gasteiger partial charge in [0.25, 0.3) is 0 Å². The monoisotopic (exact) mass is 364 g/mol. The molecule has 0 spiro atoms. The van der Waals surface area contributed by atoms with Gasteiger partial charge in [-0.05, 0) is 36.4 Å². The van der Waals surface area contributed by atoms with Crippen LogP contribution in [0.4, 0.5) is 20.7 Å². The summed E-state index contributed by atoms with van der Waals surface area (Å²) in [5.74, 6) is 0.797. The second-order valence-corrected chi connectivity index (χ2v) is 6.13. The number of hydrogen-bond donors (Lipinski definition) is 1. The molecule has 0 saturated heterocycles. The highest BCUT2D eigenvalue weighted by atomic mass is 19.1. The van der Waals surface area contributed by atoms with E-state index in [1.54, 1.807) is 29.2 Å². The Morgan fingerprint density at radius 3 is 2.63 bits per heavy atom. The molecule has 7 heteroatoms. The molecule has 1 amide bonds. The van der Waals surface area contributed by atoms with Crippen molar-refractivity contribution in [3.63, 3.8) is 0 Å². The minimum absolute atomic E-state index is 0.305. The van der Waals surface area contributed by atoms with Gasteiger partial charge in [-0.3, -0.25) is 0 Å². The number of nitrogens with zero attached hydrogens (tertiary/aromatic N) is 3. The van der Waals surface area contributed by atoms with Crippen LogP contribution in [-0.4, -0.2) is 27.5 Å². The number of para-hydroxylation sites is 1. The Labute approximate surface area is 155 Å². The Kier molecular flexibility index (Phi) is 4.65. The normalized spacial score (nSPS) is 13.0. The van der Waals surface area contributed by atoms with Crippen molar-refractivity contribution < 1.29 is 13.9 Å². The van der Waals surface area contributed by atoms with Crippen LogP contribution in [0, 0.1) is 5.82 Å². The van der Waals surface area contributed by atoms with Gasteiger partial charge >= 0.3 is 6.09 Å². The molecule has 0 unspecified atom stereocenters. The van der Waals surface area contributed by atoms with Crippen LogP contribution in [0.1, 0.15) is 11.3 Å². The van der Waals surface area contributed by atoms with Gasteiger partial charge in [-0.2, -0.15) is 0 Å². The predicted molar refractivity (Wildman–Crippen MR) is 98.3 cm³/mol. The Morgan fingerprint density at radius 2 is 1.85 bits per heavy atom. The van der Waals surface area contributed by atoms with Crippen LogP contribution >= 0.6 is 0 Å². The van der Waals surface area contributed by atoms with Gasteiger partial charge in [-0.25, -0.2) is 19.2 Å². The van der Waals surface area contributed by atoms with Crippen molar-refractivity contribution >= 4 is 17.6 Å². The summed E-state index contributed by atoms with van der Waals surface area (Å²) >= 11 is 0. The van der Waals surface area contributed by atoms with E-state index < -0.39 is 6.09 Å². The van der Waals surface area contributed by atoms with E-state index in [0.717, 1.165) is 11.3 Å². The number of nitrogens with one attached hydrogen (secondary N) is 1.